The van der Waals surface area contributed by atoms with Gasteiger partial charge in [0, 0.05) is 9.50 Å². The molecule has 2 rings (SSSR count). The summed E-state index contributed by atoms with van der Waals surface area (Å²) in [7, 11) is 0. The van der Waals surface area contributed by atoms with Gasteiger partial charge in [-0.2, -0.15) is 0 Å². The lowest BCUT2D eigenvalue weighted by molar-refractivity contribution is 1.09. The predicted molar refractivity (Wildman–Crippen MR) is 87.5 cm³/mol. The van der Waals surface area contributed by atoms with Crippen molar-refractivity contribution in [1.82, 2.24) is 0 Å². The van der Waals surface area contributed by atoms with Crippen molar-refractivity contribution in [2.45, 2.75) is 26.1 Å². The summed E-state index contributed by atoms with van der Waals surface area (Å²) in [4.78, 5) is 0. The molecule has 100 valence electrons. The lowest BCUT2D eigenvalue weighted by Gasteiger charge is -2.17. The molecule has 1 atom stereocenters. The Kier molecular flexibility index (Phi) is 4.60. The van der Waals surface area contributed by atoms with Gasteiger partial charge in [-0.3, -0.25) is 0 Å². The Hall–Kier alpha value is -0.500. The molecule has 0 aromatic heterocycles. The quantitative estimate of drug-likeness (QED) is 0.549. The van der Waals surface area contributed by atoms with Gasteiger partial charge in [-0.15, -0.1) is 11.6 Å². The third kappa shape index (κ3) is 3.16. The van der Waals surface area contributed by atoms with E-state index < -0.39 is 0 Å². The Morgan fingerprint density at radius 1 is 0.947 bits per heavy atom. The van der Waals surface area contributed by atoms with E-state index in [1.807, 2.05) is 26.0 Å². The fraction of sp³-hybridized carbons (Fsp3) is 0.250. The van der Waals surface area contributed by atoms with Crippen LogP contribution in [0.15, 0.2) is 34.8 Å². The van der Waals surface area contributed by atoms with Crippen LogP contribution in [0.1, 0.15) is 33.2 Å². The molecule has 0 saturated carbocycles. The van der Waals surface area contributed by atoms with Crippen molar-refractivity contribution in [1.29, 1.82) is 0 Å². The van der Waals surface area contributed by atoms with Gasteiger partial charge in [0.1, 0.15) is 0 Å². The van der Waals surface area contributed by atoms with Crippen molar-refractivity contribution in [2.24, 2.45) is 0 Å². The van der Waals surface area contributed by atoms with Crippen LogP contribution in [0.25, 0.3) is 0 Å². The number of halogens is 3. The molecule has 1 unspecified atom stereocenters. The molecule has 0 heterocycles. The highest BCUT2D eigenvalue weighted by molar-refractivity contribution is 9.10. The average molecular weight is 358 g/mol. The second-order valence-corrected chi connectivity index (χ2v) is 6.54. The van der Waals surface area contributed by atoms with Crippen molar-refractivity contribution in [3.05, 3.63) is 67.6 Å². The number of aryl methyl sites for hydroxylation is 3. The maximum atomic E-state index is 6.67. The molecular weight excluding hydrogens is 343 g/mol. The normalized spacial score (nSPS) is 12.5. The average Bonchev–Trinajstić information content (AvgIpc) is 2.36. The first-order valence-electron chi connectivity index (χ1n) is 6.07. The van der Waals surface area contributed by atoms with Gasteiger partial charge in [0.2, 0.25) is 0 Å². The summed E-state index contributed by atoms with van der Waals surface area (Å²) in [5, 5.41) is 0.610. The number of rotatable bonds is 2. The molecular formula is C16H15BrCl2. The zero-order valence-corrected chi connectivity index (χ0v) is 14.2. The van der Waals surface area contributed by atoms with E-state index in [9.17, 15) is 0 Å². The first kappa shape index (κ1) is 14.9. The van der Waals surface area contributed by atoms with Crippen LogP contribution in [0.4, 0.5) is 0 Å². The topological polar surface area (TPSA) is 0 Å². The molecule has 0 aliphatic rings. The Balaban J connectivity index is 2.52. The fourth-order valence-corrected chi connectivity index (χ4v) is 3.34. The first-order valence-corrected chi connectivity index (χ1v) is 7.67. The van der Waals surface area contributed by atoms with E-state index in [4.69, 9.17) is 23.2 Å². The molecule has 0 bridgehead atoms. The minimum atomic E-state index is -0.176. The van der Waals surface area contributed by atoms with Crippen molar-refractivity contribution in [3.8, 4) is 0 Å². The highest BCUT2D eigenvalue weighted by atomic mass is 79.9. The SMILES string of the molecule is Cc1ccc(Br)c(C(Cl)c2cc(C)c(Cl)cc2C)c1. The minimum absolute atomic E-state index is 0.176. The smallest absolute Gasteiger partial charge is 0.0849 e. The number of hydrogen-bond acceptors (Lipinski definition) is 0. The zero-order valence-electron chi connectivity index (χ0n) is 11.1. The molecule has 0 spiro atoms. The molecule has 0 aliphatic carbocycles. The largest absolute Gasteiger partial charge is 0.113 e. The van der Waals surface area contributed by atoms with E-state index in [-0.39, 0.29) is 5.38 Å². The van der Waals surface area contributed by atoms with Gasteiger partial charge in [0.15, 0.2) is 0 Å². The Morgan fingerprint density at radius 2 is 1.63 bits per heavy atom. The van der Waals surface area contributed by atoms with E-state index in [2.05, 4.69) is 41.1 Å². The van der Waals surface area contributed by atoms with Gasteiger partial charge in [0.05, 0.1) is 5.38 Å². The third-order valence-corrected chi connectivity index (χ3v) is 4.84. The Bertz CT molecular complexity index is 620. The van der Waals surface area contributed by atoms with Crippen molar-refractivity contribution in [3.63, 3.8) is 0 Å². The summed E-state index contributed by atoms with van der Waals surface area (Å²) in [6.07, 6.45) is 0. The molecule has 0 saturated heterocycles. The second-order valence-electron chi connectivity index (χ2n) is 4.85. The van der Waals surface area contributed by atoms with E-state index in [1.165, 1.54) is 5.56 Å². The van der Waals surface area contributed by atoms with E-state index in [0.717, 1.165) is 31.7 Å². The molecule has 19 heavy (non-hydrogen) atoms. The maximum absolute atomic E-state index is 6.67. The van der Waals surface area contributed by atoms with Crippen molar-refractivity contribution < 1.29 is 0 Å². The molecule has 0 N–H and O–H groups in total. The molecule has 2 aromatic carbocycles. The summed E-state index contributed by atoms with van der Waals surface area (Å²) in [5.41, 5.74) is 5.56. The lowest BCUT2D eigenvalue weighted by Crippen LogP contribution is -1.99. The van der Waals surface area contributed by atoms with Gasteiger partial charge in [-0.25, -0.2) is 0 Å². The highest BCUT2D eigenvalue weighted by Gasteiger charge is 2.17. The van der Waals surface area contributed by atoms with Crippen LogP contribution in [0.5, 0.6) is 0 Å². The van der Waals surface area contributed by atoms with Crippen molar-refractivity contribution in [2.75, 3.05) is 0 Å². The fourth-order valence-electron chi connectivity index (χ4n) is 2.10. The third-order valence-electron chi connectivity index (χ3n) is 3.24. The molecule has 0 nitrogen and oxygen atoms in total. The summed E-state index contributed by atoms with van der Waals surface area (Å²) < 4.78 is 1.03. The number of hydrogen-bond donors (Lipinski definition) is 0. The molecule has 0 fully saturated rings. The van der Waals surface area contributed by atoms with Gasteiger partial charge < -0.3 is 0 Å². The highest BCUT2D eigenvalue weighted by Crippen LogP contribution is 2.37. The van der Waals surface area contributed by atoms with Gasteiger partial charge in [0.25, 0.3) is 0 Å². The standard InChI is InChI=1S/C16H15BrCl2/c1-9-4-5-14(17)13(6-9)16(19)12-7-11(3)15(18)8-10(12)2/h4-8,16H,1-3H3. The van der Waals surface area contributed by atoms with Crippen LogP contribution in [0.3, 0.4) is 0 Å². The van der Waals surface area contributed by atoms with Crippen LogP contribution in [0, 0.1) is 20.8 Å². The Labute approximate surface area is 132 Å². The summed E-state index contributed by atoms with van der Waals surface area (Å²) >= 11 is 16.4. The van der Waals surface area contributed by atoms with Crippen LogP contribution in [-0.2, 0) is 0 Å². The summed E-state index contributed by atoms with van der Waals surface area (Å²) in [6, 6.07) is 10.3. The molecule has 0 radical (unpaired) electrons. The summed E-state index contributed by atoms with van der Waals surface area (Å²) in [5.74, 6) is 0. The Morgan fingerprint density at radius 3 is 2.32 bits per heavy atom. The van der Waals surface area contributed by atoms with Gasteiger partial charge >= 0.3 is 0 Å². The molecule has 0 amide bonds. The number of alkyl halides is 1. The van der Waals surface area contributed by atoms with Crippen molar-refractivity contribution >= 4 is 39.1 Å². The van der Waals surface area contributed by atoms with Gasteiger partial charge in [-0.1, -0.05) is 51.3 Å². The van der Waals surface area contributed by atoms with Gasteiger partial charge in [-0.05, 0) is 55.2 Å². The maximum Gasteiger partial charge on any atom is 0.0849 e. The predicted octanol–water partition coefficient (Wildman–Crippen LogP) is 6.36. The second kappa shape index (κ2) is 5.87. The summed E-state index contributed by atoms with van der Waals surface area (Å²) in [6.45, 7) is 6.11. The van der Waals surface area contributed by atoms with Crippen LogP contribution in [0.2, 0.25) is 5.02 Å². The molecule has 2 aromatic rings. The number of benzene rings is 2. The monoisotopic (exact) mass is 356 g/mol. The van der Waals surface area contributed by atoms with Crippen LogP contribution < -0.4 is 0 Å². The van der Waals surface area contributed by atoms with Crippen LogP contribution in [-0.4, -0.2) is 0 Å². The molecule has 3 heteroatoms. The van der Waals surface area contributed by atoms with Crippen LogP contribution >= 0.6 is 39.1 Å². The lowest BCUT2D eigenvalue weighted by atomic mass is 9.97. The minimum Gasteiger partial charge on any atom is -0.113 e. The van der Waals surface area contributed by atoms with E-state index in [1.54, 1.807) is 0 Å². The first-order chi connectivity index (χ1) is 8.90. The zero-order chi connectivity index (χ0) is 14.2. The molecule has 0 aliphatic heterocycles. The van der Waals surface area contributed by atoms with E-state index >= 15 is 0 Å². The van der Waals surface area contributed by atoms with E-state index in [0.29, 0.717) is 0 Å².